The van der Waals surface area contributed by atoms with E-state index in [9.17, 15) is 0 Å². The minimum Gasteiger partial charge on any atom is -0.494 e. The highest BCUT2D eigenvalue weighted by atomic mass is 79.9. The molecular weight excluding hydrogens is 266 g/mol. The van der Waals surface area contributed by atoms with Crippen LogP contribution in [0.1, 0.15) is 23.6 Å². The number of halogens is 1. The molecule has 1 aromatic rings. The Hall–Kier alpha value is -0.700. The van der Waals surface area contributed by atoms with Gasteiger partial charge in [0.2, 0.25) is 0 Å². The molecule has 0 fully saturated rings. The molecule has 1 aromatic carbocycles. The Labute approximate surface area is 107 Å². The molecule has 0 aliphatic carbocycles. The molecule has 0 saturated carbocycles. The fourth-order valence-electron chi connectivity index (χ4n) is 1.94. The summed E-state index contributed by atoms with van der Waals surface area (Å²) in [6, 6.07) is 0. The lowest BCUT2D eigenvalue weighted by molar-refractivity contribution is 0.411. The zero-order valence-corrected chi connectivity index (χ0v) is 12.5. The molecular formula is C13H20BrNO. The number of nitrogens with zero attached hydrogens (tertiary/aromatic N) is 1. The fourth-order valence-corrected chi connectivity index (χ4v) is 2.42. The first kappa shape index (κ1) is 13.4. The number of anilines is 1. The molecule has 1 rings (SSSR count). The molecule has 2 nitrogen and oxygen atoms in total. The summed E-state index contributed by atoms with van der Waals surface area (Å²) in [5.74, 6) is 0.988. The average Bonchev–Trinajstić information content (AvgIpc) is 2.29. The van der Waals surface area contributed by atoms with Gasteiger partial charge in [0.25, 0.3) is 0 Å². The smallest absolute Gasteiger partial charge is 0.145 e. The number of hydrogen-bond donors (Lipinski definition) is 0. The van der Waals surface area contributed by atoms with Crippen LogP contribution in [0.5, 0.6) is 5.75 Å². The van der Waals surface area contributed by atoms with Crippen LogP contribution in [0.3, 0.4) is 0 Å². The highest BCUT2D eigenvalue weighted by molar-refractivity contribution is 9.10. The highest BCUT2D eigenvalue weighted by Crippen LogP contribution is 2.41. The van der Waals surface area contributed by atoms with Crippen molar-refractivity contribution >= 4 is 21.6 Å². The second-order valence-corrected chi connectivity index (χ2v) is 4.88. The third-order valence-electron chi connectivity index (χ3n) is 3.19. The predicted octanol–water partition coefficient (Wildman–Crippen LogP) is 3.84. The van der Waals surface area contributed by atoms with Crippen LogP contribution >= 0.6 is 15.9 Å². The van der Waals surface area contributed by atoms with Gasteiger partial charge < -0.3 is 9.64 Å². The van der Waals surface area contributed by atoms with Crippen molar-refractivity contribution in [3.63, 3.8) is 0 Å². The van der Waals surface area contributed by atoms with E-state index in [-0.39, 0.29) is 0 Å². The Morgan fingerprint density at radius 2 is 1.69 bits per heavy atom. The van der Waals surface area contributed by atoms with Crippen molar-refractivity contribution in [2.24, 2.45) is 0 Å². The minimum absolute atomic E-state index is 0.964. The fraction of sp³-hybridized carbons (Fsp3) is 0.538. The van der Waals surface area contributed by atoms with Crippen molar-refractivity contribution < 1.29 is 4.74 Å². The Morgan fingerprint density at radius 3 is 2.12 bits per heavy atom. The molecule has 16 heavy (non-hydrogen) atoms. The van der Waals surface area contributed by atoms with Crippen molar-refractivity contribution in [1.82, 2.24) is 0 Å². The van der Waals surface area contributed by atoms with E-state index in [0.717, 1.165) is 12.3 Å². The van der Waals surface area contributed by atoms with Crippen molar-refractivity contribution in [2.45, 2.75) is 27.7 Å². The highest BCUT2D eigenvalue weighted by Gasteiger charge is 2.18. The molecule has 0 amide bonds. The summed E-state index contributed by atoms with van der Waals surface area (Å²) in [6.07, 6.45) is 0. The van der Waals surface area contributed by atoms with Crippen molar-refractivity contribution in [3.05, 3.63) is 21.2 Å². The summed E-state index contributed by atoms with van der Waals surface area (Å²) in [7, 11) is 3.83. The second kappa shape index (κ2) is 5.09. The topological polar surface area (TPSA) is 12.5 Å². The first-order valence-corrected chi connectivity index (χ1v) is 6.29. The standard InChI is InChI=1S/C13H20BrNO/c1-7-15(5)12-10(4)11(14)8(2)9(3)13(12)16-6/h7H2,1-6H3. The summed E-state index contributed by atoms with van der Waals surface area (Å²) in [5, 5.41) is 0. The molecule has 0 saturated heterocycles. The number of rotatable bonds is 3. The summed E-state index contributed by atoms with van der Waals surface area (Å²) in [6.45, 7) is 9.45. The molecule has 0 atom stereocenters. The van der Waals surface area contributed by atoms with Crippen LogP contribution in [0.15, 0.2) is 4.47 Å². The predicted molar refractivity (Wildman–Crippen MR) is 73.8 cm³/mol. The van der Waals surface area contributed by atoms with Crippen molar-refractivity contribution in [3.8, 4) is 5.75 Å². The number of methoxy groups -OCH3 is 1. The Balaban J connectivity index is 3.57. The van der Waals surface area contributed by atoms with Gasteiger partial charge in [-0.2, -0.15) is 0 Å². The molecule has 0 spiro atoms. The summed E-state index contributed by atoms with van der Waals surface area (Å²) in [4.78, 5) is 2.21. The SMILES string of the molecule is CCN(C)c1c(C)c(Br)c(C)c(C)c1OC. The molecule has 0 aliphatic rings. The molecule has 0 radical (unpaired) electrons. The van der Waals surface area contributed by atoms with Crippen LogP contribution < -0.4 is 9.64 Å². The molecule has 90 valence electrons. The molecule has 3 heteroatoms. The quantitative estimate of drug-likeness (QED) is 0.837. The monoisotopic (exact) mass is 285 g/mol. The Kier molecular flexibility index (Phi) is 4.25. The van der Waals surface area contributed by atoms with Crippen molar-refractivity contribution in [2.75, 3.05) is 25.6 Å². The van der Waals surface area contributed by atoms with Gasteiger partial charge in [-0.05, 0) is 44.4 Å². The second-order valence-electron chi connectivity index (χ2n) is 4.09. The zero-order valence-electron chi connectivity index (χ0n) is 10.9. The third-order valence-corrected chi connectivity index (χ3v) is 4.38. The van der Waals surface area contributed by atoms with Gasteiger partial charge in [0, 0.05) is 18.1 Å². The van der Waals surface area contributed by atoms with E-state index in [0.29, 0.717) is 0 Å². The van der Waals surface area contributed by atoms with Gasteiger partial charge in [0.1, 0.15) is 5.75 Å². The van der Waals surface area contributed by atoms with E-state index in [1.54, 1.807) is 7.11 Å². The lowest BCUT2D eigenvalue weighted by atomic mass is 10.0. The number of hydrogen-bond acceptors (Lipinski definition) is 2. The molecule has 0 unspecified atom stereocenters. The van der Waals surface area contributed by atoms with Gasteiger partial charge in [-0.25, -0.2) is 0 Å². The van der Waals surface area contributed by atoms with E-state index < -0.39 is 0 Å². The van der Waals surface area contributed by atoms with Crippen LogP contribution in [0.25, 0.3) is 0 Å². The minimum atomic E-state index is 0.964. The van der Waals surface area contributed by atoms with Gasteiger partial charge in [-0.1, -0.05) is 15.9 Å². The maximum Gasteiger partial charge on any atom is 0.145 e. The summed E-state index contributed by atoms with van der Waals surface area (Å²) in [5.41, 5.74) is 4.88. The van der Waals surface area contributed by atoms with Crippen molar-refractivity contribution in [1.29, 1.82) is 0 Å². The molecule has 0 heterocycles. The molecule has 0 aliphatic heterocycles. The van der Waals surface area contributed by atoms with Crippen LogP contribution in [0.4, 0.5) is 5.69 Å². The van der Waals surface area contributed by atoms with Crippen LogP contribution in [0.2, 0.25) is 0 Å². The van der Waals surface area contributed by atoms with Crippen LogP contribution in [-0.4, -0.2) is 20.7 Å². The average molecular weight is 286 g/mol. The van der Waals surface area contributed by atoms with Crippen LogP contribution in [0, 0.1) is 20.8 Å². The molecule has 0 aromatic heterocycles. The van der Waals surface area contributed by atoms with E-state index in [2.05, 4.69) is 55.6 Å². The van der Waals surface area contributed by atoms with Gasteiger partial charge in [0.15, 0.2) is 0 Å². The third kappa shape index (κ3) is 2.05. The lowest BCUT2D eigenvalue weighted by Crippen LogP contribution is -2.19. The first-order chi connectivity index (χ1) is 7.45. The Bertz CT molecular complexity index is 402. The normalized spacial score (nSPS) is 10.4. The zero-order chi connectivity index (χ0) is 12.5. The van der Waals surface area contributed by atoms with Crippen LogP contribution in [-0.2, 0) is 0 Å². The first-order valence-electron chi connectivity index (χ1n) is 5.50. The van der Waals surface area contributed by atoms with E-state index in [4.69, 9.17) is 4.74 Å². The van der Waals surface area contributed by atoms with E-state index >= 15 is 0 Å². The van der Waals surface area contributed by atoms with Gasteiger partial charge in [-0.15, -0.1) is 0 Å². The Morgan fingerprint density at radius 1 is 1.12 bits per heavy atom. The number of ether oxygens (including phenoxy) is 1. The maximum atomic E-state index is 5.55. The van der Waals surface area contributed by atoms with Gasteiger partial charge in [0.05, 0.1) is 12.8 Å². The lowest BCUT2D eigenvalue weighted by Gasteiger charge is -2.25. The van der Waals surface area contributed by atoms with Gasteiger partial charge in [-0.3, -0.25) is 0 Å². The van der Waals surface area contributed by atoms with Gasteiger partial charge >= 0.3 is 0 Å². The summed E-state index contributed by atoms with van der Waals surface area (Å²) >= 11 is 3.66. The van der Waals surface area contributed by atoms with E-state index in [1.165, 1.54) is 26.9 Å². The largest absolute Gasteiger partial charge is 0.494 e. The number of benzene rings is 1. The molecule has 0 bridgehead atoms. The maximum absolute atomic E-state index is 5.55. The van der Waals surface area contributed by atoms with E-state index in [1.807, 2.05) is 0 Å². The molecule has 0 N–H and O–H groups in total. The summed E-state index contributed by atoms with van der Waals surface area (Å²) < 4.78 is 6.73.